The molecule has 0 fully saturated rings. The van der Waals surface area contributed by atoms with Gasteiger partial charge in [0.05, 0.1) is 46.1 Å². The molecule has 3 heterocycles. The lowest BCUT2D eigenvalue weighted by molar-refractivity contribution is 0.0588. The molecule has 10 heteroatoms. The molecule has 0 spiro atoms. The zero-order valence-corrected chi connectivity index (χ0v) is 23.6. The van der Waals surface area contributed by atoms with Crippen LogP contribution in [0.4, 0.5) is 0 Å². The molecule has 0 radical (unpaired) electrons. The van der Waals surface area contributed by atoms with Crippen molar-refractivity contribution in [2.75, 3.05) is 28.4 Å². The third-order valence-electron chi connectivity index (χ3n) is 6.76. The Morgan fingerprint density at radius 1 is 0.857 bits per heavy atom. The number of pyridine rings is 3. The molecule has 5 aromatic rings. The molecular weight excluding hydrogens is 538 g/mol. The topological polar surface area (TPSA) is 111 Å². The number of nitrogens with zero attached hydrogens (tertiary/aromatic N) is 3. The predicted octanol–water partition coefficient (Wildman–Crippen LogP) is 4.90. The second kappa shape index (κ2) is 12.4. The molecule has 0 aliphatic carbocycles. The molecule has 0 N–H and O–H groups in total. The van der Waals surface area contributed by atoms with E-state index in [9.17, 15) is 9.59 Å². The normalized spacial score (nSPS) is 10.8. The number of esters is 1. The van der Waals surface area contributed by atoms with Gasteiger partial charge in [0.1, 0.15) is 18.1 Å². The van der Waals surface area contributed by atoms with Crippen LogP contribution in [0.3, 0.4) is 0 Å². The number of aromatic nitrogens is 3. The minimum Gasteiger partial charge on any atom is -0.493 e. The maximum Gasteiger partial charge on any atom is 0.355 e. The van der Waals surface area contributed by atoms with Gasteiger partial charge in [-0.25, -0.2) is 4.79 Å². The van der Waals surface area contributed by atoms with Gasteiger partial charge in [-0.15, -0.1) is 0 Å². The summed E-state index contributed by atoms with van der Waals surface area (Å²) in [6.45, 7) is 0.194. The molecule has 2 aromatic carbocycles. The number of carbonyl (C=O) groups is 1. The Morgan fingerprint density at radius 3 is 2.26 bits per heavy atom. The van der Waals surface area contributed by atoms with Crippen molar-refractivity contribution in [3.8, 4) is 34.1 Å². The van der Waals surface area contributed by atoms with Gasteiger partial charge in [-0.3, -0.25) is 19.3 Å². The molecule has 5 rings (SSSR count). The average molecular weight is 568 g/mol. The largest absolute Gasteiger partial charge is 0.493 e. The molecule has 0 atom stereocenters. The number of hydrogen-bond donors (Lipinski definition) is 0. The van der Waals surface area contributed by atoms with E-state index in [0.29, 0.717) is 50.8 Å². The highest BCUT2D eigenvalue weighted by Gasteiger charge is 2.27. The zero-order valence-electron chi connectivity index (χ0n) is 23.6. The van der Waals surface area contributed by atoms with Gasteiger partial charge in [-0.05, 0) is 47.5 Å². The van der Waals surface area contributed by atoms with Gasteiger partial charge >= 0.3 is 5.97 Å². The first kappa shape index (κ1) is 28.2. The lowest BCUT2D eigenvalue weighted by Gasteiger charge is -2.21. The van der Waals surface area contributed by atoms with Crippen LogP contribution in [0, 0.1) is 0 Å². The lowest BCUT2D eigenvalue weighted by atomic mass is 9.95. The van der Waals surface area contributed by atoms with Gasteiger partial charge in [0.15, 0.2) is 11.5 Å². The van der Waals surface area contributed by atoms with Gasteiger partial charge in [0.25, 0.3) is 5.56 Å². The summed E-state index contributed by atoms with van der Waals surface area (Å²) in [6, 6.07) is 17.8. The summed E-state index contributed by atoms with van der Waals surface area (Å²) in [5, 5.41) is 0.768. The molecule has 214 valence electrons. The van der Waals surface area contributed by atoms with Crippen molar-refractivity contribution in [1.29, 1.82) is 0 Å². The number of rotatable bonds is 10. The number of hydrogen-bond acceptors (Lipinski definition) is 9. The minimum absolute atomic E-state index is 0.0509. The first-order valence-electron chi connectivity index (χ1n) is 13.0. The van der Waals surface area contributed by atoms with Gasteiger partial charge in [-0.2, -0.15) is 0 Å². The molecule has 3 aromatic heterocycles. The quantitative estimate of drug-likeness (QED) is 0.218. The van der Waals surface area contributed by atoms with Crippen LogP contribution >= 0.6 is 0 Å². The first-order chi connectivity index (χ1) is 20.5. The van der Waals surface area contributed by atoms with E-state index in [0.717, 1.165) is 0 Å². The molecule has 0 unspecified atom stereocenters. The van der Waals surface area contributed by atoms with Crippen LogP contribution in [0.25, 0.3) is 21.9 Å². The predicted molar refractivity (Wildman–Crippen MR) is 157 cm³/mol. The Morgan fingerprint density at radius 2 is 1.64 bits per heavy atom. The highest BCUT2D eigenvalue weighted by Crippen LogP contribution is 2.44. The fourth-order valence-corrected chi connectivity index (χ4v) is 4.87. The van der Waals surface area contributed by atoms with E-state index in [-0.39, 0.29) is 24.2 Å². The van der Waals surface area contributed by atoms with E-state index in [1.54, 1.807) is 55.0 Å². The number of carbonyl (C=O) groups excluding carboxylic acids is 1. The monoisotopic (exact) mass is 567 g/mol. The van der Waals surface area contributed by atoms with Crippen molar-refractivity contribution < 1.29 is 28.5 Å². The van der Waals surface area contributed by atoms with Crippen molar-refractivity contribution in [3.05, 3.63) is 107 Å². The highest BCUT2D eigenvalue weighted by atomic mass is 16.5. The highest BCUT2D eigenvalue weighted by molar-refractivity contribution is 6.08. The summed E-state index contributed by atoms with van der Waals surface area (Å²) >= 11 is 0. The van der Waals surface area contributed by atoms with Crippen molar-refractivity contribution in [2.45, 2.75) is 13.2 Å². The third kappa shape index (κ3) is 5.34. The van der Waals surface area contributed by atoms with Crippen molar-refractivity contribution in [1.82, 2.24) is 14.5 Å². The Kier molecular flexibility index (Phi) is 8.33. The van der Waals surface area contributed by atoms with Crippen LogP contribution in [0.2, 0.25) is 0 Å². The Labute approximate surface area is 242 Å². The second-order valence-electron chi connectivity index (χ2n) is 9.17. The average Bonchev–Trinajstić information content (AvgIpc) is 3.04. The molecule has 0 bridgehead atoms. The summed E-state index contributed by atoms with van der Waals surface area (Å²) in [5.41, 5.74) is 2.00. The second-order valence-corrected chi connectivity index (χ2v) is 9.17. The summed E-state index contributed by atoms with van der Waals surface area (Å²) in [7, 11) is 5.80. The SMILES string of the molecule is COC(=O)c1c(-c2cc(OC)c(OC)c(OC)c2)c2cccc(OCc3ccccn3)c2c(=O)n1Cc1cccnc1. The Bertz CT molecular complexity index is 1760. The van der Waals surface area contributed by atoms with Crippen molar-refractivity contribution in [3.63, 3.8) is 0 Å². The van der Waals surface area contributed by atoms with E-state index < -0.39 is 11.5 Å². The summed E-state index contributed by atoms with van der Waals surface area (Å²) in [4.78, 5) is 36.3. The molecule has 0 saturated carbocycles. The maximum atomic E-state index is 14.3. The lowest BCUT2D eigenvalue weighted by Crippen LogP contribution is -2.29. The van der Waals surface area contributed by atoms with Gasteiger partial charge in [0.2, 0.25) is 5.75 Å². The minimum atomic E-state index is -0.693. The van der Waals surface area contributed by atoms with Crippen LogP contribution in [0.5, 0.6) is 23.0 Å². The standard InChI is InChI=1S/C32H29N3O7/c1-38-25-15-21(16-26(39-2)30(25)40-3)27-23-11-7-12-24(42-19-22-10-5-6-14-34-22)28(23)31(36)35(29(27)32(37)41-4)18-20-9-8-13-33-17-20/h5-17H,18-19H2,1-4H3. The van der Waals surface area contributed by atoms with Crippen molar-refractivity contribution >= 4 is 16.7 Å². The smallest absolute Gasteiger partial charge is 0.355 e. The van der Waals surface area contributed by atoms with E-state index in [1.807, 2.05) is 24.3 Å². The molecule has 0 aliphatic rings. The Hall–Kier alpha value is -5.38. The number of methoxy groups -OCH3 is 4. The van der Waals surface area contributed by atoms with Crippen LogP contribution in [-0.2, 0) is 17.9 Å². The molecule has 0 saturated heterocycles. The molecule has 42 heavy (non-hydrogen) atoms. The zero-order chi connectivity index (χ0) is 29.6. The van der Waals surface area contributed by atoms with E-state index >= 15 is 0 Å². The summed E-state index contributed by atoms with van der Waals surface area (Å²) < 4.78 is 29.5. The van der Waals surface area contributed by atoms with E-state index in [1.165, 1.54) is 33.0 Å². The van der Waals surface area contributed by atoms with E-state index in [2.05, 4.69) is 9.97 Å². The number of ether oxygens (including phenoxy) is 5. The van der Waals surface area contributed by atoms with Gasteiger partial charge in [-0.1, -0.05) is 24.3 Å². The van der Waals surface area contributed by atoms with Crippen molar-refractivity contribution in [2.24, 2.45) is 0 Å². The van der Waals surface area contributed by atoms with Crippen LogP contribution < -0.4 is 24.5 Å². The number of benzene rings is 2. The van der Waals surface area contributed by atoms with Gasteiger partial charge < -0.3 is 23.7 Å². The molecular formula is C32H29N3O7. The van der Waals surface area contributed by atoms with E-state index in [4.69, 9.17) is 23.7 Å². The van der Waals surface area contributed by atoms with Gasteiger partial charge in [0, 0.05) is 29.5 Å². The number of fused-ring (bicyclic) bond motifs is 1. The summed E-state index contributed by atoms with van der Waals surface area (Å²) in [5.74, 6) is 0.789. The third-order valence-corrected chi connectivity index (χ3v) is 6.76. The first-order valence-corrected chi connectivity index (χ1v) is 13.0. The fraction of sp³-hybridized carbons (Fsp3) is 0.188. The fourth-order valence-electron chi connectivity index (χ4n) is 4.87. The van der Waals surface area contributed by atoms with Crippen LogP contribution in [0.1, 0.15) is 21.7 Å². The summed E-state index contributed by atoms with van der Waals surface area (Å²) in [6.07, 6.45) is 4.95. The Balaban J connectivity index is 1.86. The van der Waals surface area contributed by atoms with Crippen LogP contribution in [-0.4, -0.2) is 48.9 Å². The van der Waals surface area contributed by atoms with Crippen LogP contribution in [0.15, 0.2) is 84.0 Å². The maximum absolute atomic E-state index is 14.3. The molecule has 10 nitrogen and oxygen atoms in total. The molecule has 0 amide bonds. The molecule has 0 aliphatic heterocycles.